The fourth-order valence-corrected chi connectivity index (χ4v) is 4.01. The molecule has 0 bridgehead atoms. The molecule has 1 aromatic rings. The van der Waals surface area contributed by atoms with E-state index in [9.17, 15) is 14.4 Å². The number of carbonyl (C=O) groups is 3. The number of anilines is 1. The molecule has 0 spiro atoms. The van der Waals surface area contributed by atoms with Crippen LogP contribution in [0.1, 0.15) is 44.0 Å². The van der Waals surface area contributed by atoms with Crippen molar-refractivity contribution in [3.8, 4) is 5.75 Å². The van der Waals surface area contributed by atoms with Gasteiger partial charge in [0.2, 0.25) is 11.8 Å². The Bertz CT molecular complexity index is 860. The molecule has 190 valence electrons. The molecule has 1 aliphatic rings. The normalized spacial score (nSPS) is 21.9. The molecule has 1 heterocycles. The first-order chi connectivity index (χ1) is 16.1. The number of methoxy groups -OCH3 is 1. The summed E-state index contributed by atoms with van der Waals surface area (Å²) >= 11 is 0. The summed E-state index contributed by atoms with van der Waals surface area (Å²) in [5.41, 5.74) is 0.966. The Balaban J connectivity index is 2.42. The van der Waals surface area contributed by atoms with Crippen LogP contribution >= 0.6 is 0 Å². The molecule has 0 aromatic heterocycles. The van der Waals surface area contributed by atoms with Crippen LogP contribution < -0.4 is 10.1 Å². The molecular formula is C25H40N4O5. The molecular weight excluding hydrogens is 436 g/mol. The number of rotatable bonds is 6. The SMILES string of the molecule is CCCC(=O)Nc1ccc2c(c1)OC[C@H](C)N(C(=O)CN(C)C)C[C@@H](C)[C@@H](OC)CN(C)C2=O. The lowest BCUT2D eigenvalue weighted by atomic mass is 10.0. The predicted octanol–water partition coefficient (Wildman–Crippen LogP) is 2.32. The summed E-state index contributed by atoms with van der Waals surface area (Å²) in [7, 11) is 7.08. The zero-order chi connectivity index (χ0) is 25.4. The van der Waals surface area contributed by atoms with E-state index in [1.165, 1.54) is 0 Å². The third-order valence-electron chi connectivity index (χ3n) is 5.98. The van der Waals surface area contributed by atoms with Crippen LogP contribution in [0.4, 0.5) is 5.69 Å². The Morgan fingerprint density at radius 2 is 1.94 bits per heavy atom. The van der Waals surface area contributed by atoms with E-state index in [0.717, 1.165) is 6.42 Å². The van der Waals surface area contributed by atoms with E-state index in [-0.39, 0.29) is 48.9 Å². The Morgan fingerprint density at radius 1 is 1.24 bits per heavy atom. The number of hydrogen-bond acceptors (Lipinski definition) is 6. The number of nitrogens with zero attached hydrogens (tertiary/aromatic N) is 3. The molecule has 1 aromatic carbocycles. The molecule has 0 saturated heterocycles. The maximum Gasteiger partial charge on any atom is 0.257 e. The van der Waals surface area contributed by atoms with E-state index in [2.05, 4.69) is 5.32 Å². The van der Waals surface area contributed by atoms with Gasteiger partial charge in [-0.05, 0) is 39.6 Å². The Labute approximate surface area is 203 Å². The molecule has 9 nitrogen and oxygen atoms in total. The van der Waals surface area contributed by atoms with Gasteiger partial charge in [-0.3, -0.25) is 14.4 Å². The number of benzene rings is 1. The van der Waals surface area contributed by atoms with Crippen molar-refractivity contribution in [3.63, 3.8) is 0 Å². The van der Waals surface area contributed by atoms with Crippen molar-refractivity contribution in [1.82, 2.24) is 14.7 Å². The minimum Gasteiger partial charge on any atom is -0.491 e. The smallest absolute Gasteiger partial charge is 0.257 e. The van der Waals surface area contributed by atoms with E-state index in [0.29, 0.717) is 36.5 Å². The van der Waals surface area contributed by atoms with Crippen LogP contribution in [0.5, 0.6) is 5.75 Å². The van der Waals surface area contributed by atoms with Gasteiger partial charge in [-0.15, -0.1) is 0 Å². The average molecular weight is 477 g/mol. The maximum absolute atomic E-state index is 13.3. The third kappa shape index (κ3) is 7.43. The summed E-state index contributed by atoms with van der Waals surface area (Å²) in [4.78, 5) is 43.7. The van der Waals surface area contributed by atoms with Crippen molar-refractivity contribution in [2.75, 3.05) is 59.8 Å². The lowest BCUT2D eigenvalue weighted by molar-refractivity contribution is -0.136. The highest BCUT2D eigenvalue weighted by Crippen LogP contribution is 2.27. The first-order valence-corrected chi connectivity index (χ1v) is 11.9. The van der Waals surface area contributed by atoms with Crippen LogP contribution in [0.3, 0.4) is 0 Å². The molecule has 0 unspecified atom stereocenters. The molecule has 0 saturated carbocycles. The van der Waals surface area contributed by atoms with Crippen molar-refractivity contribution in [2.45, 2.75) is 45.8 Å². The summed E-state index contributed by atoms with van der Waals surface area (Å²) < 4.78 is 11.8. The second kappa shape index (κ2) is 12.7. The highest BCUT2D eigenvalue weighted by Gasteiger charge is 2.30. The highest BCUT2D eigenvalue weighted by molar-refractivity contribution is 5.98. The number of hydrogen-bond donors (Lipinski definition) is 1. The largest absolute Gasteiger partial charge is 0.491 e. The number of carbonyl (C=O) groups excluding carboxylic acids is 3. The Morgan fingerprint density at radius 3 is 2.56 bits per heavy atom. The number of ether oxygens (including phenoxy) is 2. The molecule has 0 fully saturated rings. The minimum absolute atomic E-state index is 0.00358. The van der Waals surface area contributed by atoms with Gasteiger partial charge >= 0.3 is 0 Å². The van der Waals surface area contributed by atoms with Crippen LogP contribution in [0.25, 0.3) is 0 Å². The number of nitrogens with one attached hydrogen (secondary N) is 1. The van der Waals surface area contributed by atoms with Crippen LogP contribution in [-0.4, -0.2) is 99.1 Å². The van der Waals surface area contributed by atoms with Gasteiger partial charge in [0.15, 0.2) is 0 Å². The molecule has 1 aliphatic heterocycles. The standard InChI is InChI=1S/C25H40N4O5/c1-8-9-23(30)26-19-10-11-20-21(12-19)34-16-18(3)29(24(31)15-27(4)5)13-17(2)22(33-7)14-28(6)25(20)32/h10-12,17-18,22H,8-9,13-16H2,1-7H3,(H,26,30)/t17-,18+,22+/m1/s1. The van der Waals surface area contributed by atoms with Gasteiger partial charge < -0.3 is 29.5 Å². The molecule has 3 atom stereocenters. The lowest BCUT2D eigenvalue weighted by Crippen LogP contribution is -2.50. The molecule has 3 amide bonds. The molecule has 0 radical (unpaired) electrons. The predicted molar refractivity (Wildman–Crippen MR) is 132 cm³/mol. The van der Waals surface area contributed by atoms with Gasteiger partial charge in [0, 0.05) is 51.3 Å². The first-order valence-electron chi connectivity index (χ1n) is 11.9. The van der Waals surface area contributed by atoms with Crippen LogP contribution in [-0.2, 0) is 14.3 Å². The topological polar surface area (TPSA) is 91.4 Å². The van der Waals surface area contributed by atoms with Crippen molar-refractivity contribution in [3.05, 3.63) is 23.8 Å². The maximum atomic E-state index is 13.3. The zero-order valence-corrected chi connectivity index (χ0v) is 21.6. The van der Waals surface area contributed by atoms with Crippen molar-refractivity contribution < 1.29 is 23.9 Å². The van der Waals surface area contributed by atoms with Crippen molar-refractivity contribution in [1.29, 1.82) is 0 Å². The summed E-state index contributed by atoms with van der Waals surface area (Å²) in [6, 6.07) is 4.83. The van der Waals surface area contributed by atoms with E-state index in [1.807, 2.05) is 44.7 Å². The van der Waals surface area contributed by atoms with Gasteiger partial charge in [0.05, 0.1) is 24.3 Å². The summed E-state index contributed by atoms with van der Waals surface area (Å²) in [5.74, 6) is 0.101. The van der Waals surface area contributed by atoms with E-state index >= 15 is 0 Å². The van der Waals surface area contributed by atoms with Crippen molar-refractivity contribution >= 4 is 23.4 Å². The third-order valence-corrected chi connectivity index (χ3v) is 5.98. The molecule has 9 heteroatoms. The Hall–Kier alpha value is -2.65. The number of amides is 3. The zero-order valence-electron chi connectivity index (χ0n) is 21.6. The van der Waals surface area contributed by atoms with Crippen molar-refractivity contribution in [2.24, 2.45) is 5.92 Å². The Kier molecular flexibility index (Phi) is 10.3. The van der Waals surface area contributed by atoms with Gasteiger partial charge in [-0.25, -0.2) is 0 Å². The molecule has 2 rings (SSSR count). The van der Waals surface area contributed by atoms with Crippen LogP contribution in [0.15, 0.2) is 18.2 Å². The quantitative estimate of drug-likeness (QED) is 0.678. The number of fused-ring (bicyclic) bond motifs is 1. The monoisotopic (exact) mass is 476 g/mol. The second-order valence-electron chi connectivity index (χ2n) is 9.39. The van der Waals surface area contributed by atoms with Gasteiger partial charge in [0.1, 0.15) is 12.4 Å². The molecule has 0 aliphatic carbocycles. The second-order valence-corrected chi connectivity index (χ2v) is 9.39. The van der Waals surface area contributed by atoms with E-state index < -0.39 is 0 Å². The number of likely N-dealkylation sites (N-methyl/N-ethyl adjacent to an activating group) is 2. The van der Waals surface area contributed by atoms with Gasteiger partial charge in [-0.1, -0.05) is 13.8 Å². The van der Waals surface area contributed by atoms with Crippen LogP contribution in [0.2, 0.25) is 0 Å². The summed E-state index contributed by atoms with van der Waals surface area (Å²) in [6.45, 7) is 7.26. The van der Waals surface area contributed by atoms with Crippen LogP contribution in [0, 0.1) is 5.92 Å². The molecule has 1 N–H and O–H groups in total. The lowest BCUT2D eigenvalue weighted by Gasteiger charge is -2.36. The molecule has 34 heavy (non-hydrogen) atoms. The summed E-state index contributed by atoms with van der Waals surface area (Å²) in [6.07, 6.45) is 0.910. The highest BCUT2D eigenvalue weighted by atomic mass is 16.5. The fourth-order valence-electron chi connectivity index (χ4n) is 4.01. The first kappa shape index (κ1) is 27.6. The van der Waals surface area contributed by atoms with Gasteiger partial charge in [0.25, 0.3) is 5.91 Å². The minimum atomic E-state index is -0.243. The van der Waals surface area contributed by atoms with E-state index in [1.54, 1.807) is 37.3 Å². The summed E-state index contributed by atoms with van der Waals surface area (Å²) in [5, 5.41) is 2.85. The van der Waals surface area contributed by atoms with E-state index in [4.69, 9.17) is 9.47 Å². The fraction of sp³-hybridized carbons (Fsp3) is 0.640. The van der Waals surface area contributed by atoms with Gasteiger partial charge in [-0.2, -0.15) is 0 Å². The average Bonchev–Trinajstić information content (AvgIpc) is 2.77.